The lowest BCUT2D eigenvalue weighted by molar-refractivity contribution is 0.0978. The van der Waals surface area contributed by atoms with Crippen molar-refractivity contribution in [3.05, 3.63) is 0 Å². The molecule has 2 nitrogen and oxygen atoms in total. The molecule has 19 heavy (non-hydrogen) atoms. The largest absolute Gasteiger partial charge is 0.312 e. The van der Waals surface area contributed by atoms with E-state index in [1.165, 1.54) is 51.6 Å². The first-order chi connectivity index (χ1) is 8.99. The van der Waals surface area contributed by atoms with Crippen LogP contribution < -0.4 is 5.32 Å². The van der Waals surface area contributed by atoms with E-state index < -0.39 is 0 Å². The molecule has 0 amide bonds. The van der Waals surface area contributed by atoms with Gasteiger partial charge >= 0.3 is 0 Å². The van der Waals surface area contributed by atoms with Crippen LogP contribution in [0.1, 0.15) is 73.1 Å². The van der Waals surface area contributed by atoms with Crippen molar-refractivity contribution in [2.45, 2.75) is 85.2 Å². The zero-order valence-electron chi connectivity index (χ0n) is 14.0. The smallest absolute Gasteiger partial charge is 0.0243 e. The van der Waals surface area contributed by atoms with Gasteiger partial charge in [-0.3, -0.25) is 4.90 Å². The van der Waals surface area contributed by atoms with Gasteiger partial charge in [-0.2, -0.15) is 0 Å². The Morgan fingerprint density at radius 1 is 1.16 bits per heavy atom. The molecule has 1 aliphatic heterocycles. The first-order valence-electron chi connectivity index (χ1n) is 8.46. The normalized spacial score (nSPS) is 23.5. The minimum absolute atomic E-state index is 0.351. The number of nitrogens with one attached hydrogen (secondary N) is 1. The van der Waals surface area contributed by atoms with Gasteiger partial charge < -0.3 is 5.32 Å². The lowest BCUT2D eigenvalue weighted by Crippen LogP contribution is -2.52. The summed E-state index contributed by atoms with van der Waals surface area (Å²) in [7, 11) is 0. The number of rotatable bonds is 7. The molecule has 1 N–H and O–H groups in total. The molecule has 0 spiro atoms. The van der Waals surface area contributed by atoms with Crippen molar-refractivity contribution in [3.8, 4) is 0 Å². The Hall–Kier alpha value is -0.0800. The Kier molecular flexibility index (Phi) is 7.38. The molecule has 114 valence electrons. The van der Waals surface area contributed by atoms with E-state index in [-0.39, 0.29) is 0 Å². The predicted molar refractivity (Wildman–Crippen MR) is 85.7 cm³/mol. The van der Waals surface area contributed by atoms with Crippen LogP contribution in [0.5, 0.6) is 0 Å². The van der Waals surface area contributed by atoms with E-state index in [9.17, 15) is 0 Å². The molecule has 1 rings (SSSR count). The van der Waals surface area contributed by atoms with Crippen LogP contribution in [-0.2, 0) is 0 Å². The molecule has 1 fully saturated rings. The zero-order valence-corrected chi connectivity index (χ0v) is 14.0. The molecule has 2 atom stereocenters. The minimum atomic E-state index is 0.351. The van der Waals surface area contributed by atoms with Crippen molar-refractivity contribution < 1.29 is 0 Å². The SMILES string of the molecule is CCCNC(CN1CCCCC1CCC)C(C)(C)C. The Balaban J connectivity index is 2.59. The quantitative estimate of drug-likeness (QED) is 0.749. The third-order valence-electron chi connectivity index (χ3n) is 4.47. The Labute approximate surface area is 121 Å². The Morgan fingerprint density at radius 2 is 1.89 bits per heavy atom. The summed E-state index contributed by atoms with van der Waals surface area (Å²) in [5.74, 6) is 0. The van der Waals surface area contributed by atoms with Crippen molar-refractivity contribution in [1.82, 2.24) is 10.2 Å². The first kappa shape index (κ1) is 17.0. The summed E-state index contributed by atoms with van der Waals surface area (Å²) >= 11 is 0. The van der Waals surface area contributed by atoms with Gasteiger partial charge in [0.1, 0.15) is 0 Å². The second-order valence-corrected chi connectivity index (χ2v) is 7.31. The van der Waals surface area contributed by atoms with Crippen LogP contribution in [0.3, 0.4) is 0 Å². The van der Waals surface area contributed by atoms with Gasteiger partial charge in [-0.1, -0.05) is 47.5 Å². The minimum Gasteiger partial charge on any atom is -0.312 e. The molecule has 0 bridgehead atoms. The second kappa shape index (κ2) is 8.26. The monoisotopic (exact) mass is 268 g/mol. The first-order valence-corrected chi connectivity index (χ1v) is 8.46. The van der Waals surface area contributed by atoms with E-state index in [2.05, 4.69) is 44.8 Å². The highest BCUT2D eigenvalue weighted by molar-refractivity contribution is 4.87. The van der Waals surface area contributed by atoms with Gasteiger partial charge in [-0.15, -0.1) is 0 Å². The number of hydrogen-bond donors (Lipinski definition) is 1. The molecule has 2 unspecified atom stereocenters. The molecule has 0 aromatic rings. The third kappa shape index (κ3) is 5.83. The molecule has 0 aliphatic carbocycles. The summed E-state index contributed by atoms with van der Waals surface area (Å²) in [5, 5.41) is 3.78. The van der Waals surface area contributed by atoms with Crippen LogP contribution in [0, 0.1) is 5.41 Å². The summed E-state index contributed by atoms with van der Waals surface area (Å²) in [5.41, 5.74) is 0.351. The molecule has 0 saturated carbocycles. The standard InChI is InChI=1S/C17H36N2/c1-6-10-15-11-8-9-13-19(15)14-16(17(3,4)5)18-12-7-2/h15-16,18H,6-14H2,1-5H3. The summed E-state index contributed by atoms with van der Waals surface area (Å²) in [6.45, 7) is 15.4. The van der Waals surface area contributed by atoms with Gasteiger partial charge in [0, 0.05) is 18.6 Å². The molecular weight excluding hydrogens is 232 g/mol. The molecule has 1 aliphatic rings. The summed E-state index contributed by atoms with van der Waals surface area (Å²) in [6, 6.07) is 1.46. The van der Waals surface area contributed by atoms with E-state index in [1.54, 1.807) is 0 Å². The Bertz CT molecular complexity index is 230. The number of piperidine rings is 1. The maximum atomic E-state index is 3.78. The average molecular weight is 268 g/mol. The van der Waals surface area contributed by atoms with Crippen molar-refractivity contribution in [1.29, 1.82) is 0 Å². The van der Waals surface area contributed by atoms with E-state index in [0.717, 1.165) is 12.6 Å². The van der Waals surface area contributed by atoms with Crippen LogP contribution in [0.2, 0.25) is 0 Å². The number of nitrogens with zero attached hydrogens (tertiary/aromatic N) is 1. The predicted octanol–water partition coefficient (Wildman–Crippen LogP) is 4.06. The topological polar surface area (TPSA) is 15.3 Å². The van der Waals surface area contributed by atoms with E-state index >= 15 is 0 Å². The van der Waals surface area contributed by atoms with Crippen LogP contribution in [0.4, 0.5) is 0 Å². The molecule has 1 heterocycles. The van der Waals surface area contributed by atoms with Gasteiger partial charge in [0.25, 0.3) is 0 Å². The third-order valence-corrected chi connectivity index (χ3v) is 4.47. The summed E-state index contributed by atoms with van der Waals surface area (Å²) in [6.07, 6.45) is 8.17. The van der Waals surface area contributed by atoms with Gasteiger partial charge in [0.05, 0.1) is 0 Å². The lowest BCUT2D eigenvalue weighted by atomic mass is 9.85. The van der Waals surface area contributed by atoms with Gasteiger partial charge in [-0.05, 0) is 44.2 Å². The fourth-order valence-corrected chi connectivity index (χ4v) is 3.16. The molecule has 2 heteroatoms. The fourth-order valence-electron chi connectivity index (χ4n) is 3.16. The van der Waals surface area contributed by atoms with E-state index in [1.807, 2.05) is 0 Å². The van der Waals surface area contributed by atoms with Crippen molar-refractivity contribution in [3.63, 3.8) is 0 Å². The number of hydrogen-bond acceptors (Lipinski definition) is 2. The summed E-state index contributed by atoms with van der Waals surface area (Å²) < 4.78 is 0. The van der Waals surface area contributed by atoms with E-state index in [4.69, 9.17) is 0 Å². The molecule has 1 saturated heterocycles. The molecule has 0 radical (unpaired) electrons. The van der Waals surface area contributed by atoms with Crippen molar-refractivity contribution in [2.75, 3.05) is 19.6 Å². The Morgan fingerprint density at radius 3 is 2.47 bits per heavy atom. The van der Waals surface area contributed by atoms with Gasteiger partial charge in [0.2, 0.25) is 0 Å². The van der Waals surface area contributed by atoms with Crippen LogP contribution >= 0.6 is 0 Å². The highest BCUT2D eigenvalue weighted by atomic mass is 15.2. The van der Waals surface area contributed by atoms with E-state index in [0.29, 0.717) is 11.5 Å². The maximum absolute atomic E-state index is 3.78. The van der Waals surface area contributed by atoms with Crippen LogP contribution in [0.25, 0.3) is 0 Å². The van der Waals surface area contributed by atoms with Crippen molar-refractivity contribution in [2.24, 2.45) is 5.41 Å². The van der Waals surface area contributed by atoms with Crippen LogP contribution in [0.15, 0.2) is 0 Å². The second-order valence-electron chi connectivity index (χ2n) is 7.31. The van der Waals surface area contributed by atoms with Gasteiger partial charge in [-0.25, -0.2) is 0 Å². The number of likely N-dealkylation sites (tertiary alicyclic amines) is 1. The molecule has 0 aromatic carbocycles. The van der Waals surface area contributed by atoms with Crippen molar-refractivity contribution >= 4 is 0 Å². The fraction of sp³-hybridized carbons (Fsp3) is 1.00. The van der Waals surface area contributed by atoms with Gasteiger partial charge in [0.15, 0.2) is 0 Å². The maximum Gasteiger partial charge on any atom is 0.0243 e. The van der Waals surface area contributed by atoms with Crippen LogP contribution in [-0.4, -0.2) is 36.6 Å². The zero-order chi connectivity index (χ0) is 14.3. The highest BCUT2D eigenvalue weighted by Crippen LogP contribution is 2.25. The lowest BCUT2D eigenvalue weighted by Gasteiger charge is -2.41. The average Bonchev–Trinajstić information content (AvgIpc) is 2.35. The molecular formula is C17H36N2. The highest BCUT2D eigenvalue weighted by Gasteiger charge is 2.29. The molecule has 0 aromatic heterocycles. The summed E-state index contributed by atoms with van der Waals surface area (Å²) in [4.78, 5) is 2.77.